The Hall–Kier alpha value is -2.82. The average Bonchev–Trinajstić information content (AvgIpc) is 3.25. The number of nitrogens with zero attached hydrogens (tertiary/aromatic N) is 5. The number of carbonyl (C=O) groups excluding carboxylic acids is 1. The molecule has 0 aliphatic heterocycles. The summed E-state index contributed by atoms with van der Waals surface area (Å²) in [6.07, 6.45) is 1.60. The van der Waals surface area contributed by atoms with Gasteiger partial charge >= 0.3 is 0 Å². The van der Waals surface area contributed by atoms with Crippen molar-refractivity contribution in [1.82, 2.24) is 24.5 Å². The number of sulfonamides is 1. The van der Waals surface area contributed by atoms with Crippen LogP contribution in [-0.2, 0) is 21.2 Å². The molecule has 158 valence electrons. The van der Waals surface area contributed by atoms with E-state index in [1.807, 2.05) is 0 Å². The lowest BCUT2D eigenvalue weighted by Gasteiger charge is -2.19. The summed E-state index contributed by atoms with van der Waals surface area (Å²) < 4.78 is 28.4. The van der Waals surface area contributed by atoms with Crippen LogP contribution in [-0.4, -0.2) is 51.9 Å². The summed E-state index contributed by atoms with van der Waals surface area (Å²) in [4.78, 5) is 12.4. The first-order valence-corrected chi connectivity index (χ1v) is 11.1. The zero-order valence-electron chi connectivity index (χ0n) is 16.5. The van der Waals surface area contributed by atoms with Gasteiger partial charge in [0.25, 0.3) is 0 Å². The number of carbonyl (C=O) groups is 1. The molecule has 0 saturated heterocycles. The smallest absolute Gasteiger partial charge is 0.244 e. The maximum Gasteiger partial charge on any atom is 0.244 e. The van der Waals surface area contributed by atoms with Gasteiger partial charge in [-0.1, -0.05) is 37.6 Å². The summed E-state index contributed by atoms with van der Waals surface area (Å²) in [5.74, 6) is -0.279. The predicted octanol–water partition coefficient (Wildman–Crippen LogP) is 2.53. The fourth-order valence-electron chi connectivity index (χ4n) is 2.92. The quantitative estimate of drug-likeness (QED) is 0.567. The maximum atomic E-state index is 12.8. The Balaban J connectivity index is 1.73. The van der Waals surface area contributed by atoms with Crippen LogP contribution in [0.3, 0.4) is 0 Å². The molecule has 0 aliphatic rings. The van der Waals surface area contributed by atoms with E-state index in [9.17, 15) is 13.2 Å². The first-order valence-electron chi connectivity index (χ1n) is 9.27. The second-order valence-electron chi connectivity index (χ2n) is 6.38. The van der Waals surface area contributed by atoms with Crippen LogP contribution in [0.25, 0.3) is 5.69 Å². The Morgan fingerprint density at radius 1 is 1.13 bits per heavy atom. The number of tetrazole rings is 1. The zero-order valence-corrected chi connectivity index (χ0v) is 18.1. The highest BCUT2D eigenvalue weighted by Crippen LogP contribution is 2.28. The van der Waals surface area contributed by atoms with E-state index in [0.717, 1.165) is 11.3 Å². The number of hydrogen-bond acceptors (Lipinski definition) is 6. The van der Waals surface area contributed by atoms with Crippen LogP contribution in [0.15, 0.2) is 53.7 Å². The number of amides is 1. The van der Waals surface area contributed by atoms with Crippen LogP contribution in [0.1, 0.15) is 19.4 Å². The van der Waals surface area contributed by atoms with Crippen LogP contribution in [0, 0.1) is 0 Å². The van der Waals surface area contributed by atoms with Crippen LogP contribution >= 0.6 is 11.6 Å². The molecule has 0 fully saturated rings. The molecule has 0 radical (unpaired) electrons. The van der Waals surface area contributed by atoms with Crippen LogP contribution in [0.2, 0.25) is 5.02 Å². The Kier molecular flexibility index (Phi) is 6.80. The van der Waals surface area contributed by atoms with E-state index in [1.54, 1.807) is 44.2 Å². The SMILES string of the molecule is CCN(CC)S(=O)(=O)c1cc(NC(=O)Cc2ccc(-n3cnnn3)cc2)ccc1Cl. The minimum absolute atomic E-state index is 0.0311. The van der Waals surface area contributed by atoms with Crippen molar-refractivity contribution in [3.05, 3.63) is 59.4 Å². The lowest BCUT2D eigenvalue weighted by molar-refractivity contribution is -0.115. The summed E-state index contributed by atoms with van der Waals surface area (Å²) in [6.45, 7) is 4.16. The zero-order chi connectivity index (χ0) is 21.7. The molecule has 1 amide bonds. The Morgan fingerprint density at radius 3 is 2.43 bits per heavy atom. The molecule has 0 aliphatic carbocycles. The van der Waals surface area contributed by atoms with Gasteiger partial charge in [0.15, 0.2) is 0 Å². The second kappa shape index (κ2) is 9.33. The molecule has 30 heavy (non-hydrogen) atoms. The monoisotopic (exact) mass is 448 g/mol. The summed E-state index contributed by atoms with van der Waals surface area (Å²) in [6, 6.07) is 11.6. The lowest BCUT2D eigenvalue weighted by atomic mass is 10.1. The number of anilines is 1. The van der Waals surface area contributed by atoms with Crippen molar-refractivity contribution in [1.29, 1.82) is 0 Å². The van der Waals surface area contributed by atoms with E-state index < -0.39 is 10.0 Å². The van der Waals surface area contributed by atoms with Gasteiger partial charge in [-0.3, -0.25) is 4.79 Å². The van der Waals surface area contributed by atoms with Crippen molar-refractivity contribution in [2.75, 3.05) is 18.4 Å². The number of rotatable bonds is 8. The molecular weight excluding hydrogens is 428 g/mol. The molecule has 1 N–H and O–H groups in total. The summed E-state index contributed by atoms with van der Waals surface area (Å²) in [7, 11) is -3.74. The third-order valence-corrected chi connectivity index (χ3v) is 6.98. The van der Waals surface area contributed by atoms with Gasteiger partial charge in [0.2, 0.25) is 15.9 Å². The minimum Gasteiger partial charge on any atom is -0.326 e. The Labute approximate surface area is 179 Å². The first kappa shape index (κ1) is 21.9. The van der Waals surface area contributed by atoms with Crippen molar-refractivity contribution in [2.45, 2.75) is 25.2 Å². The van der Waals surface area contributed by atoms with Gasteiger partial charge in [-0.15, -0.1) is 5.10 Å². The molecule has 0 atom stereocenters. The Morgan fingerprint density at radius 2 is 1.83 bits per heavy atom. The second-order valence-corrected chi connectivity index (χ2v) is 8.69. The maximum absolute atomic E-state index is 12.8. The number of aromatic nitrogens is 4. The van der Waals surface area contributed by atoms with Crippen LogP contribution in [0.4, 0.5) is 5.69 Å². The van der Waals surface area contributed by atoms with Crippen LogP contribution in [0.5, 0.6) is 0 Å². The first-order chi connectivity index (χ1) is 14.3. The van der Waals surface area contributed by atoms with Crippen molar-refractivity contribution < 1.29 is 13.2 Å². The van der Waals surface area contributed by atoms with E-state index in [0.29, 0.717) is 18.8 Å². The molecule has 0 saturated carbocycles. The number of hydrogen-bond donors (Lipinski definition) is 1. The van der Waals surface area contributed by atoms with Gasteiger partial charge in [0.05, 0.1) is 17.1 Å². The van der Waals surface area contributed by atoms with Crippen molar-refractivity contribution >= 4 is 33.2 Å². The molecule has 11 heteroatoms. The molecule has 0 spiro atoms. The molecule has 0 unspecified atom stereocenters. The molecular formula is C19H21ClN6O3S. The van der Waals surface area contributed by atoms with Crippen molar-refractivity contribution in [3.8, 4) is 5.69 Å². The summed E-state index contributed by atoms with van der Waals surface area (Å²) in [5, 5.41) is 13.8. The average molecular weight is 449 g/mol. The van der Waals surface area contributed by atoms with E-state index in [1.165, 1.54) is 27.4 Å². The minimum atomic E-state index is -3.74. The van der Waals surface area contributed by atoms with E-state index in [4.69, 9.17) is 11.6 Å². The number of nitrogens with one attached hydrogen (secondary N) is 1. The van der Waals surface area contributed by atoms with Gasteiger partial charge in [0, 0.05) is 18.8 Å². The highest BCUT2D eigenvalue weighted by atomic mass is 35.5. The largest absolute Gasteiger partial charge is 0.326 e. The molecule has 1 aromatic heterocycles. The highest BCUT2D eigenvalue weighted by Gasteiger charge is 2.25. The number of halogens is 1. The highest BCUT2D eigenvalue weighted by molar-refractivity contribution is 7.89. The van der Waals surface area contributed by atoms with E-state index in [2.05, 4.69) is 20.8 Å². The summed E-state index contributed by atoms with van der Waals surface area (Å²) in [5.41, 5.74) is 1.92. The van der Waals surface area contributed by atoms with Crippen molar-refractivity contribution in [2.24, 2.45) is 0 Å². The molecule has 9 nitrogen and oxygen atoms in total. The standard InChI is InChI=1S/C19H21ClN6O3S/c1-3-25(4-2)30(28,29)18-12-15(7-10-17(18)20)22-19(27)11-14-5-8-16(9-6-14)26-13-21-23-24-26/h5-10,12-13H,3-4,11H2,1-2H3,(H,22,27). The third-order valence-electron chi connectivity index (χ3n) is 4.45. The topological polar surface area (TPSA) is 110 Å². The fraction of sp³-hybridized carbons (Fsp3) is 0.263. The molecule has 3 rings (SSSR count). The van der Waals surface area contributed by atoms with Crippen molar-refractivity contribution in [3.63, 3.8) is 0 Å². The lowest BCUT2D eigenvalue weighted by Crippen LogP contribution is -2.30. The van der Waals surface area contributed by atoms with Gasteiger partial charge in [-0.25, -0.2) is 13.1 Å². The third kappa shape index (κ3) is 4.84. The molecule has 1 heterocycles. The van der Waals surface area contributed by atoms with Gasteiger partial charge in [0.1, 0.15) is 11.2 Å². The molecule has 0 bridgehead atoms. The van der Waals surface area contributed by atoms with Gasteiger partial charge < -0.3 is 5.32 Å². The number of benzene rings is 2. The summed E-state index contributed by atoms with van der Waals surface area (Å²) >= 11 is 6.13. The molecule has 2 aromatic carbocycles. The predicted molar refractivity (Wildman–Crippen MR) is 113 cm³/mol. The normalized spacial score (nSPS) is 11.6. The Bertz CT molecular complexity index is 1110. The van der Waals surface area contributed by atoms with Crippen LogP contribution < -0.4 is 5.32 Å². The van der Waals surface area contributed by atoms with Gasteiger partial charge in [-0.2, -0.15) is 4.31 Å². The molecule has 3 aromatic rings. The fourth-order valence-corrected chi connectivity index (χ4v) is 4.88. The van der Waals surface area contributed by atoms with E-state index >= 15 is 0 Å². The van der Waals surface area contributed by atoms with E-state index in [-0.39, 0.29) is 22.2 Å². The van der Waals surface area contributed by atoms with Gasteiger partial charge in [-0.05, 0) is 46.3 Å².